The Hall–Kier alpha value is -3.08. The van der Waals surface area contributed by atoms with Crippen molar-refractivity contribution in [3.05, 3.63) is 65.9 Å². The van der Waals surface area contributed by atoms with E-state index in [2.05, 4.69) is 10.6 Å². The highest BCUT2D eigenvalue weighted by molar-refractivity contribution is 6.06. The lowest BCUT2D eigenvalue weighted by Crippen LogP contribution is -2.23. The van der Waals surface area contributed by atoms with Crippen molar-refractivity contribution in [2.75, 3.05) is 5.32 Å². The fourth-order valence-corrected chi connectivity index (χ4v) is 2.74. The number of nitrogens with one attached hydrogen (secondary N) is 2. The number of amides is 2. The number of anilines is 1. The lowest BCUT2D eigenvalue weighted by atomic mass is 10.1. The molecule has 1 aromatic heterocycles. The molecule has 122 valence electrons. The normalized spacial score (nSPS) is 10.6. The molecule has 1 heterocycles. The second-order valence-electron chi connectivity index (χ2n) is 5.73. The van der Waals surface area contributed by atoms with Crippen LogP contribution in [-0.2, 0) is 18.4 Å². The number of benzene rings is 2. The van der Waals surface area contributed by atoms with Gasteiger partial charge in [0.2, 0.25) is 5.91 Å². The van der Waals surface area contributed by atoms with Crippen LogP contribution >= 0.6 is 0 Å². The van der Waals surface area contributed by atoms with Gasteiger partial charge in [0.15, 0.2) is 0 Å². The van der Waals surface area contributed by atoms with Gasteiger partial charge in [-0.05, 0) is 35.9 Å². The van der Waals surface area contributed by atoms with Crippen LogP contribution in [0, 0.1) is 0 Å². The minimum absolute atomic E-state index is 0.114. The van der Waals surface area contributed by atoms with Crippen LogP contribution in [-0.4, -0.2) is 16.4 Å². The maximum absolute atomic E-state index is 12.5. The SMILES string of the molecule is CC(=O)Nc1cccc(CNC(=O)c2cccc3c2ccn3C)c1. The predicted octanol–water partition coefficient (Wildman–Crippen LogP) is 3.07. The fraction of sp³-hybridized carbons (Fsp3) is 0.158. The minimum atomic E-state index is -0.119. The van der Waals surface area contributed by atoms with Crippen molar-refractivity contribution in [1.29, 1.82) is 0 Å². The number of hydrogen-bond acceptors (Lipinski definition) is 2. The van der Waals surface area contributed by atoms with Crippen LogP contribution in [0.5, 0.6) is 0 Å². The molecule has 0 bridgehead atoms. The first kappa shape index (κ1) is 15.8. The van der Waals surface area contributed by atoms with E-state index in [0.717, 1.165) is 22.2 Å². The van der Waals surface area contributed by atoms with Crippen LogP contribution in [0.25, 0.3) is 10.9 Å². The number of carbonyl (C=O) groups is 2. The van der Waals surface area contributed by atoms with E-state index in [9.17, 15) is 9.59 Å². The zero-order chi connectivity index (χ0) is 17.1. The molecule has 3 rings (SSSR count). The Kier molecular flexibility index (Phi) is 4.33. The number of aryl methyl sites for hydroxylation is 1. The number of aromatic nitrogens is 1. The van der Waals surface area contributed by atoms with Gasteiger partial charge in [-0.3, -0.25) is 9.59 Å². The van der Waals surface area contributed by atoms with Gasteiger partial charge >= 0.3 is 0 Å². The molecule has 0 atom stereocenters. The Morgan fingerprint density at radius 3 is 2.67 bits per heavy atom. The van der Waals surface area contributed by atoms with Crippen LogP contribution in [0.1, 0.15) is 22.8 Å². The summed E-state index contributed by atoms with van der Waals surface area (Å²) in [5.74, 6) is -0.233. The minimum Gasteiger partial charge on any atom is -0.351 e. The van der Waals surface area contributed by atoms with Crippen molar-refractivity contribution in [2.24, 2.45) is 7.05 Å². The van der Waals surface area contributed by atoms with Gasteiger partial charge < -0.3 is 15.2 Å². The van der Waals surface area contributed by atoms with E-state index < -0.39 is 0 Å². The smallest absolute Gasteiger partial charge is 0.252 e. The molecule has 24 heavy (non-hydrogen) atoms. The van der Waals surface area contributed by atoms with Crippen molar-refractivity contribution in [2.45, 2.75) is 13.5 Å². The van der Waals surface area contributed by atoms with Gasteiger partial charge in [0.1, 0.15) is 0 Å². The van der Waals surface area contributed by atoms with Crippen LogP contribution in [0.4, 0.5) is 5.69 Å². The monoisotopic (exact) mass is 321 g/mol. The van der Waals surface area contributed by atoms with Gasteiger partial charge in [-0.2, -0.15) is 0 Å². The molecule has 0 aliphatic carbocycles. The third kappa shape index (κ3) is 3.30. The maximum atomic E-state index is 12.5. The third-order valence-electron chi connectivity index (χ3n) is 3.87. The standard InChI is InChI=1S/C19H19N3O2/c1-13(23)21-15-6-3-5-14(11-15)12-20-19(24)17-7-4-8-18-16(17)9-10-22(18)2/h3-11H,12H2,1-2H3,(H,20,24)(H,21,23). The highest BCUT2D eigenvalue weighted by atomic mass is 16.2. The van der Waals surface area contributed by atoms with E-state index in [-0.39, 0.29) is 11.8 Å². The Balaban J connectivity index is 1.74. The van der Waals surface area contributed by atoms with Gasteiger partial charge in [0, 0.05) is 48.9 Å². The molecule has 0 saturated carbocycles. The highest BCUT2D eigenvalue weighted by Crippen LogP contribution is 2.19. The van der Waals surface area contributed by atoms with E-state index in [1.165, 1.54) is 6.92 Å². The average molecular weight is 321 g/mol. The van der Waals surface area contributed by atoms with E-state index in [1.54, 1.807) is 0 Å². The molecule has 0 unspecified atom stereocenters. The molecule has 2 amide bonds. The number of hydrogen-bond donors (Lipinski definition) is 2. The first-order valence-corrected chi connectivity index (χ1v) is 7.73. The molecule has 0 fully saturated rings. The van der Waals surface area contributed by atoms with Crippen molar-refractivity contribution < 1.29 is 9.59 Å². The second kappa shape index (κ2) is 6.58. The van der Waals surface area contributed by atoms with Crippen molar-refractivity contribution in [3.8, 4) is 0 Å². The summed E-state index contributed by atoms with van der Waals surface area (Å²) >= 11 is 0. The lowest BCUT2D eigenvalue weighted by Gasteiger charge is -2.09. The van der Waals surface area contributed by atoms with Gasteiger partial charge in [0.25, 0.3) is 5.91 Å². The molecule has 3 aromatic rings. The summed E-state index contributed by atoms with van der Waals surface area (Å²) in [6.07, 6.45) is 1.94. The molecular weight excluding hydrogens is 302 g/mol. The summed E-state index contributed by atoms with van der Waals surface area (Å²) in [5, 5.41) is 6.61. The molecule has 0 spiro atoms. The lowest BCUT2D eigenvalue weighted by molar-refractivity contribution is -0.114. The van der Waals surface area contributed by atoms with Crippen LogP contribution < -0.4 is 10.6 Å². The van der Waals surface area contributed by atoms with Gasteiger partial charge in [-0.25, -0.2) is 0 Å². The Bertz CT molecular complexity index is 912. The fourth-order valence-electron chi connectivity index (χ4n) is 2.74. The first-order valence-electron chi connectivity index (χ1n) is 7.73. The summed E-state index contributed by atoms with van der Waals surface area (Å²) < 4.78 is 1.99. The second-order valence-corrected chi connectivity index (χ2v) is 5.73. The zero-order valence-corrected chi connectivity index (χ0v) is 13.7. The van der Waals surface area contributed by atoms with Gasteiger partial charge in [-0.1, -0.05) is 18.2 Å². The Morgan fingerprint density at radius 2 is 1.88 bits per heavy atom. The summed E-state index contributed by atoms with van der Waals surface area (Å²) in [5.41, 5.74) is 3.33. The number of carbonyl (C=O) groups excluding carboxylic acids is 2. The molecule has 5 nitrogen and oxygen atoms in total. The van der Waals surface area contributed by atoms with Gasteiger partial charge in [-0.15, -0.1) is 0 Å². The average Bonchev–Trinajstić information content (AvgIpc) is 2.94. The summed E-state index contributed by atoms with van der Waals surface area (Å²) in [6, 6.07) is 15.1. The van der Waals surface area contributed by atoms with Crippen LogP contribution in [0.2, 0.25) is 0 Å². The summed E-state index contributed by atoms with van der Waals surface area (Å²) in [4.78, 5) is 23.6. The summed E-state index contributed by atoms with van der Waals surface area (Å²) in [6.45, 7) is 1.87. The number of fused-ring (bicyclic) bond motifs is 1. The first-order chi connectivity index (χ1) is 11.5. The summed E-state index contributed by atoms with van der Waals surface area (Å²) in [7, 11) is 1.96. The molecule has 2 aromatic carbocycles. The number of rotatable bonds is 4. The quantitative estimate of drug-likeness (QED) is 0.776. The Morgan fingerprint density at radius 1 is 1.08 bits per heavy atom. The van der Waals surface area contributed by atoms with Crippen LogP contribution in [0.15, 0.2) is 54.7 Å². The molecule has 2 N–H and O–H groups in total. The molecule has 5 heteroatoms. The van der Waals surface area contributed by atoms with E-state index in [1.807, 2.05) is 66.3 Å². The van der Waals surface area contributed by atoms with E-state index >= 15 is 0 Å². The van der Waals surface area contributed by atoms with E-state index in [4.69, 9.17) is 0 Å². The van der Waals surface area contributed by atoms with Crippen molar-refractivity contribution in [3.63, 3.8) is 0 Å². The molecule has 0 aliphatic rings. The highest BCUT2D eigenvalue weighted by Gasteiger charge is 2.11. The molecule has 0 radical (unpaired) electrons. The molecular formula is C19H19N3O2. The predicted molar refractivity (Wildman–Crippen MR) is 94.8 cm³/mol. The van der Waals surface area contributed by atoms with Crippen LogP contribution in [0.3, 0.4) is 0 Å². The Labute approximate surface area is 140 Å². The van der Waals surface area contributed by atoms with Crippen molar-refractivity contribution in [1.82, 2.24) is 9.88 Å². The largest absolute Gasteiger partial charge is 0.351 e. The van der Waals surface area contributed by atoms with Gasteiger partial charge in [0.05, 0.1) is 0 Å². The molecule has 0 saturated heterocycles. The number of nitrogens with zero attached hydrogens (tertiary/aromatic N) is 1. The molecule has 0 aliphatic heterocycles. The van der Waals surface area contributed by atoms with E-state index in [0.29, 0.717) is 12.1 Å². The zero-order valence-electron chi connectivity index (χ0n) is 13.7. The van der Waals surface area contributed by atoms with Crippen molar-refractivity contribution >= 4 is 28.4 Å². The third-order valence-corrected chi connectivity index (χ3v) is 3.87. The topological polar surface area (TPSA) is 63.1 Å². The maximum Gasteiger partial charge on any atom is 0.252 e.